The van der Waals surface area contributed by atoms with Gasteiger partial charge in [-0.3, -0.25) is 0 Å². The van der Waals surface area contributed by atoms with Crippen LogP contribution in [-0.2, 0) is 17.9 Å². The van der Waals surface area contributed by atoms with Crippen LogP contribution in [0.3, 0.4) is 0 Å². The topological polar surface area (TPSA) is 103 Å². The van der Waals surface area contributed by atoms with Gasteiger partial charge in [0.15, 0.2) is 11.5 Å². The number of hydrogen-bond donors (Lipinski definition) is 2. The molecule has 1 aromatic heterocycles. The minimum atomic E-state index is 0.386. The van der Waals surface area contributed by atoms with Crippen LogP contribution in [0.1, 0.15) is 17.0 Å². The standard InChI is InChI=1S/C29H28N4O4.Zn/c1-7-23(30)26(22-16-25(34-3)28(36-5)29(37-6)27(22)35-4)24-13-12-21(33-24)15-20-11-10-19(32-20)14-18-9-8-17(2)31-18;/h2,7-16,32H,1,30H2,3-6H3;/b18-14?,21-15?,26-23-;. The molecule has 9 heteroatoms. The fourth-order valence-electron chi connectivity index (χ4n) is 4.16. The second-order valence-electron chi connectivity index (χ2n) is 8.17. The fourth-order valence-corrected chi connectivity index (χ4v) is 4.64. The number of aromatic amines is 1. The van der Waals surface area contributed by atoms with E-state index in [1.54, 1.807) is 26.4 Å². The number of H-pyrrole nitrogens is 1. The average molecular weight is 562 g/mol. The Morgan fingerprint density at radius 3 is 2.05 bits per heavy atom. The Balaban J connectivity index is 1.72. The Morgan fingerprint density at radius 1 is 0.868 bits per heavy atom. The molecule has 0 radical (unpaired) electrons. The monoisotopic (exact) mass is 560 g/mol. The summed E-state index contributed by atoms with van der Waals surface area (Å²) in [5, 5.41) is 0. The molecule has 0 unspecified atom stereocenters. The van der Waals surface area contributed by atoms with Crippen LogP contribution in [0.15, 0.2) is 82.2 Å². The van der Waals surface area contributed by atoms with Crippen LogP contribution >= 0.6 is 0 Å². The number of methoxy groups -OCH3 is 4. The third kappa shape index (κ3) is 5.38. The second kappa shape index (κ2) is 11.9. The first-order valence-electron chi connectivity index (χ1n) is 11.7. The Bertz CT molecular complexity index is 1500. The van der Waals surface area contributed by atoms with Crippen LogP contribution in [0.5, 0.6) is 23.0 Å². The van der Waals surface area contributed by atoms with Gasteiger partial charge in [-0.25, -0.2) is 0 Å². The third-order valence-electron chi connectivity index (χ3n) is 5.91. The Labute approximate surface area is 231 Å². The zero-order chi connectivity index (χ0) is 27.2. The van der Waals surface area contributed by atoms with Crippen LogP contribution in [0.4, 0.5) is 0 Å². The number of rotatable bonds is 10. The Hall–Kier alpha value is -4.23. The summed E-state index contributed by atoms with van der Waals surface area (Å²) in [5.74, 6) is 1.71. The number of ether oxygens (including phenoxy) is 4. The summed E-state index contributed by atoms with van der Waals surface area (Å²) >= 11 is 1.08. The Kier molecular flexibility index (Phi) is 8.39. The van der Waals surface area contributed by atoms with Gasteiger partial charge in [0, 0.05) is 16.8 Å². The normalized spacial score (nSPS) is 16.9. The zero-order valence-electron chi connectivity index (χ0n) is 21.9. The van der Waals surface area contributed by atoms with Crippen LogP contribution in [0.25, 0.3) is 17.7 Å². The summed E-state index contributed by atoms with van der Waals surface area (Å²) in [4.78, 5) is 12.8. The molecule has 0 saturated carbocycles. The molecule has 0 saturated heterocycles. The van der Waals surface area contributed by atoms with E-state index in [9.17, 15) is 0 Å². The fraction of sp³-hybridized carbons (Fsp3) is 0.138. The number of benzene rings is 1. The van der Waals surface area contributed by atoms with Crippen molar-refractivity contribution in [2.45, 2.75) is 0 Å². The van der Waals surface area contributed by atoms with Crippen LogP contribution in [0.2, 0.25) is 0 Å². The predicted octanol–water partition coefficient (Wildman–Crippen LogP) is 4.66. The average Bonchev–Trinajstić information content (AvgIpc) is 3.70. The minimum Gasteiger partial charge on any atom is -0.493 e. The number of aromatic nitrogens is 1. The van der Waals surface area contributed by atoms with Crippen molar-refractivity contribution in [1.82, 2.24) is 4.98 Å². The third-order valence-corrected chi connectivity index (χ3v) is 6.79. The van der Waals surface area contributed by atoms with Gasteiger partial charge < -0.3 is 24.7 Å². The van der Waals surface area contributed by atoms with E-state index in [0.29, 0.717) is 45.5 Å². The van der Waals surface area contributed by atoms with E-state index in [1.165, 1.54) is 14.2 Å². The minimum absolute atomic E-state index is 0.386. The van der Waals surface area contributed by atoms with Gasteiger partial charge in [-0.1, -0.05) is 6.58 Å². The van der Waals surface area contributed by atoms with Crippen molar-refractivity contribution >= 4 is 33.8 Å². The van der Waals surface area contributed by atoms with Crippen molar-refractivity contribution in [3.63, 3.8) is 0 Å². The molecule has 3 heterocycles. The Morgan fingerprint density at radius 2 is 1.50 bits per heavy atom. The van der Waals surface area contributed by atoms with Crippen molar-refractivity contribution in [3.8, 4) is 23.0 Å². The van der Waals surface area contributed by atoms with Crippen molar-refractivity contribution in [3.05, 3.63) is 89.2 Å². The smallest absolute Gasteiger partial charge is 0.493 e. The van der Waals surface area contributed by atoms with Crippen molar-refractivity contribution in [2.24, 2.45) is 15.7 Å². The van der Waals surface area contributed by atoms with E-state index in [0.717, 1.165) is 46.3 Å². The van der Waals surface area contributed by atoms with E-state index >= 15 is 0 Å². The zero-order valence-corrected chi connectivity index (χ0v) is 24.8. The summed E-state index contributed by atoms with van der Waals surface area (Å²) < 4.78 is 24.5. The molecule has 8 nitrogen and oxygen atoms in total. The van der Waals surface area contributed by atoms with Gasteiger partial charge in [0.2, 0.25) is 11.5 Å². The SMILES string of the molecule is C=C/C(N)=C(/C1=NC(=Cc2ccc(C=C3C=CC([CH]=[Zn])=N3)[nH]2)C=C1)c1cc(OC)c(OC)c(OC)c1OC. The molecule has 1 aromatic carbocycles. The number of hydrogen-bond acceptors (Lipinski definition) is 7. The number of nitrogens with two attached hydrogens (primary N) is 1. The van der Waals surface area contributed by atoms with Gasteiger partial charge in [0.25, 0.3) is 0 Å². The quantitative estimate of drug-likeness (QED) is 0.324. The number of allylic oxidation sites excluding steroid dienone is 6. The molecule has 0 bridgehead atoms. The molecule has 4 rings (SSSR count). The maximum absolute atomic E-state index is 6.44. The van der Waals surface area contributed by atoms with E-state index in [4.69, 9.17) is 29.7 Å². The summed E-state index contributed by atoms with van der Waals surface area (Å²) in [6, 6.07) is 5.80. The first-order valence-corrected chi connectivity index (χ1v) is 13.5. The van der Waals surface area contributed by atoms with Gasteiger partial charge in [-0.05, 0) is 12.1 Å². The molecule has 38 heavy (non-hydrogen) atoms. The molecule has 190 valence electrons. The summed E-state index contributed by atoms with van der Waals surface area (Å²) in [5.41, 5.74) is 13.3. The van der Waals surface area contributed by atoms with Gasteiger partial charge in [0.1, 0.15) is 0 Å². The van der Waals surface area contributed by atoms with Gasteiger partial charge in [-0.15, -0.1) is 0 Å². The molecule has 0 amide bonds. The molecule has 0 spiro atoms. The molecule has 3 N–H and O–H groups in total. The molecule has 2 aliphatic heterocycles. The molecular formula is C29H28N4O4Zn. The molecule has 0 atom stereocenters. The molecule has 2 aliphatic rings. The van der Waals surface area contributed by atoms with E-state index in [2.05, 4.69) is 21.2 Å². The van der Waals surface area contributed by atoms with Gasteiger partial charge >= 0.3 is 120 Å². The van der Waals surface area contributed by atoms with E-state index in [-0.39, 0.29) is 0 Å². The first kappa shape index (κ1) is 26.8. The summed E-state index contributed by atoms with van der Waals surface area (Å²) in [7, 11) is 6.19. The molecular weight excluding hydrogens is 534 g/mol. The number of aliphatic imine (C=N–C) groups is 2. The maximum atomic E-state index is 6.44. The van der Waals surface area contributed by atoms with E-state index < -0.39 is 0 Å². The molecule has 0 fully saturated rings. The van der Waals surface area contributed by atoms with Crippen molar-refractivity contribution < 1.29 is 36.8 Å². The van der Waals surface area contributed by atoms with Gasteiger partial charge in [0.05, 0.1) is 28.4 Å². The predicted molar refractivity (Wildman–Crippen MR) is 150 cm³/mol. The second-order valence-corrected chi connectivity index (χ2v) is 9.03. The number of nitrogens with zero attached hydrogens (tertiary/aromatic N) is 2. The van der Waals surface area contributed by atoms with E-state index in [1.807, 2.05) is 48.6 Å². The van der Waals surface area contributed by atoms with Crippen LogP contribution in [0, 0.1) is 0 Å². The number of nitrogens with one attached hydrogen (secondary N) is 1. The van der Waals surface area contributed by atoms with Crippen molar-refractivity contribution in [2.75, 3.05) is 28.4 Å². The molecule has 2 aromatic rings. The summed E-state index contributed by atoms with van der Waals surface area (Å²) in [6.45, 7) is 3.87. The van der Waals surface area contributed by atoms with Crippen LogP contribution < -0.4 is 24.7 Å². The van der Waals surface area contributed by atoms with Crippen LogP contribution in [-0.4, -0.2) is 49.5 Å². The molecule has 0 aliphatic carbocycles. The van der Waals surface area contributed by atoms with Gasteiger partial charge in [-0.2, -0.15) is 0 Å². The summed E-state index contributed by atoms with van der Waals surface area (Å²) in [6.07, 6.45) is 13.4. The first-order chi connectivity index (χ1) is 18.5. The van der Waals surface area contributed by atoms with Crippen molar-refractivity contribution in [1.29, 1.82) is 0 Å².